The molecule has 0 spiro atoms. The van der Waals surface area contributed by atoms with Gasteiger partial charge in [-0.15, -0.1) is 0 Å². The van der Waals surface area contributed by atoms with E-state index in [1.165, 1.54) is 18.2 Å². The monoisotopic (exact) mass is 337 g/mol. The Kier molecular flexibility index (Phi) is 4.58. The normalized spacial score (nSPS) is 11.1. The van der Waals surface area contributed by atoms with Crippen LogP contribution in [0.4, 0.5) is 5.69 Å². The van der Waals surface area contributed by atoms with E-state index in [4.69, 9.17) is 5.90 Å². The molecule has 0 fully saturated rings. The van der Waals surface area contributed by atoms with Crippen molar-refractivity contribution in [3.8, 4) is 0 Å². The fourth-order valence-electron chi connectivity index (χ4n) is 2.58. The Hall–Kier alpha value is -3.45. The van der Waals surface area contributed by atoms with Crippen LogP contribution in [0.5, 0.6) is 0 Å². The topological polar surface area (TPSA) is 100 Å². The van der Waals surface area contributed by atoms with Gasteiger partial charge in [0.25, 0.3) is 5.69 Å². The number of carbonyl (C=O) groups excluding carboxylic acids is 1. The van der Waals surface area contributed by atoms with Gasteiger partial charge < -0.3 is 9.40 Å². The number of carbonyl (C=O) groups is 1. The maximum Gasteiger partial charge on any atom is 0.349 e. The quantitative estimate of drug-likeness (QED) is 0.438. The van der Waals surface area contributed by atoms with Gasteiger partial charge in [-0.3, -0.25) is 10.1 Å². The average Bonchev–Trinajstić information content (AvgIpc) is 3.02. The van der Waals surface area contributed by atoms with Crippen LogP contribution in [0.25, 0.3) is 17.0 Å². The van der Waals surface area contributed by atoms with Gasteiger partial charge in [0.05, 0.1) is 4.92 Å². The lowest BCUT2D eigenvalue weighted by atomic mass is 10.1. The molecular formula is C18H15N3O4. The van der Waals surface area contributed by atoms with E-state index in [0.717, 1.165) is 22.0 Å². The molecule has 0 atom stereocenters. The van der Waals surface area contributed by atoms with E-state index < -0.39 is 10.9 Å². The zero-order valence-electron chi connectivity index (χ0n) is 13.2. The highest BCUT2D eigenvalue weighted by Crippen LogP contribution is 2.20. The lowest BCUT2D eigenvalue weighted by Gasteiger charge is -2.06. The number of hydrogen-bond donors (Lipinski definition) is 1. The number of fused-ring (bicyclic) bond motifs is 1. The van der Waals surface area contributed by atoms with Gasteiger partial charge in [-0.05, 0) is 35.4 Å². The first-order valence-electron chi connectivity index (χ1n) is 7.48. The van der Waals surface area contributed by atoms with E-state index in [9.17, 15) is 14.9 Å². The summed E-state index contributed by atoms with van der Waals surface area (Å²) in [6.45, 7) is 0.607. The van der Waals surface area contributed by atoms with Gasteiger partial charge in [0.2, 0.25) is 0 Å². The fraction of sp³-hybridized carbons (Fsp3) is 0.0556. The highest BCUT2D eigenvalue weighted by Gasteiger charge is 2.06. The molecule has 0 bridgehead atoms. The van der Waals surface area contributed by atoms with Crippen molar-refractivity contribution in [1.29, 1.82) is 0 Å². The number of nitro benzene ring substituents is 1. The van der Waals surface area contributed by atoms with Crippen LogP contribution in [0.3, 0.4) is 0 Å². The Morgan fingerprint density at radius 1 is 1.20 bits per heavy atom. The van der Waals surface area contributed by atoms with Gasteiger partial charge in [0.1, 0.15) is 0 Å². The smallest absolute Gasteiger partial charge is 0.349 e. The van der Waals surface area contributed by atoms with Crippen molar-refractivity contribution in [2.45, 2.75) is 6.54 Å². The molecule has 0 amide bonds. The number of nitrogens with two attached hydrogens (primary N) is 1. The van der Waals surface area contributed by atoms with Crippen LogP contribution in [-0.4, -0.2) is 15.5 Å². The predicted octanol–water partition coefficient (Wildman–Crippen LogP) is 3.03. The summed E-state index contributed by atoms with van der Waals surface area (Å²) in [4.78, 5) is 25.4. The third kappa shape index (κ3) is 3.73. The van der Waals surface area contributed by atoms with Gasteiger partial charge in [0.15, 0.2) is 0 Å². The van der Waals surface area contributed by atoms with E-state index in [1.807, 2.05) is 30.5 Å². The molecule has 1 heterocycles. The van der Waals surface area contributed by atoms with Crippen LogP contribution < -0.4 is 5.90 Å². The summed E-state index contributed by atoms with van der Waals surface area (Å²) in [6.07, 6.45) is 4.84. The molecule has 3 aromatic rings. The van der Waals surface area contributed by atoms with Crippen molar-refractivity contribution < 1.29 is 14.6 Å². The summed E-state index contributed by atoms with van der Waals surface area (Å²) in [6, 6.07) is 14.3. The Balaban J connectivity index is 1.82. The maximum absolute atomic E-state index is 11.0. The molecule has 7 heteroatoms. The number of aromatic nitrogens is 1. The molecule has 126 valence electrons. The van der Waals surface area contributed by atoms with Crippen molar-refractivity contribution in [1.82, 2.24) is 4.57 Å². The van der Waals surface area contributed by atoms with E-state index in [2.05, 4.69) is 9.40 Å². The number of nitro groups is 1. The highest BCUT2D eigenvalue weighted by molar-refractivity contribution is 5.89. The molecule has 0 aliphatic rings. The summed E-state index contributed by atoms with van der Waals surface area (Å²) in [5.41, 5.74) is 2.93. The third-order valence-corrected chi connectivity index (χ3v) is 3.82. The Morgan fingerprint density at radius 3 is 2.64 bits per heavy atom. The standard InChI is InChI=1S/C18H15N3O4/c19-25-18(22)8-4-13-3-7-17-15(11-13)9-10-20(17)12-14-1-5-16(6-2-14)21(23)24/h1-11H,12,19H2/b8-4+. The molecule has 25 heavy (non-hydrogen) atoms. The van der Waals surface area contributed by atoms with Crippen LogP contribution in [0.15, 0.2) is 60.8 Å². The summed E-state index contributed by atoms with van der Waals surface area (Å²) in [7, 11) is 0. The number of rotatable bonds is 5. The molecule has 2 aromatic carbocycles. The van der Waals surface area contributed by atoms with Crippen molar-refractivity contribution in [3.63, 3.8) is 0 Å². The first-order chi connectivity index (χ1) is 12.1. The van der Waals surface area contributed by atoms with Crippen LogP contribution in [0.1, 0.15) is 11.1 Å². The Morgan fingerprint density at radius 2 is 1.96 bits per heavy atom. The average molecular weight is 337 g/mol. The lowest BCUT2D eigenvalue weighted by Crippen LogP contribution is -2.05. The van der Waals surface area contributed by atoms with Crippen molar-refractivity contribution >= 4 is 28.6 Å². The predicted molar refractivity (Wildman–Crippen MR) is 93.4 cm³/mol. The minimum Gasteiger partial charge on any atom is -0.370 e. The fourth-order valence-corrected chi connectivity index (χ4v) is 2.58. The summed E-state index contributed by atoms with van der Waals surface area (Å²) in [5, 5.41) is 11.7. The van der Waals surface area contributed by atoms with E-state index >= 15 is 0 Å². The van der Waals surface area contributed by atoms with Gasteiger partial charge in [-0.2, -0.15) is 5.90 Å². The zero-order chi connectivity index (χ0) is 17.8. The third-order valence-electron chi connectivity index (χ3n) is 3.82. The van der Waals surface area contributed by atoms with Gasteiger partial charge in [-0.1, -0.05) is 18.2 Å². The van der Waals surface area contributed by atoms with Gasteiger partial charge >= 0.3 is 5.97 Å². The van der Waals surface area contributed by atoms with Gasteiger partial charge in [0, 0.05) is 41.9 Å². The largest absolute Gasteiger partial charge is 0.370 e. The van der Waals surface area contributed by atoms with E-state index in [0.29, 0.717) is 6.54 Å². The van der Waals surface area contributed by atoms with Crippen molar-refractivity contribution in [3.05, 3.63) is 82.0 Å². The molecule has 0 unspecified atom stereocenters. The maximum atomic E-state index is 11.0. The Bertz CT molecular complexity index is 958. The summed E-state index contributed by atoms with van der Waals surface area (Å²) >= 11 is 0. The molecule has 2 N–H and O–H groups in total. The Labute approximate surface area is 143 Å². The minimum absolute atomic E-state index is 0.0774. The number of hydrogen-bond acceptors (Lipinski definition) is 5. The van der Waals surface area contributed by atoms with Crippen LogP contribution in [0.2, 0.25) is 0 Å². The molecule has 0 saturated carbocycles. The lowest BCUT2D eigenvalue weighted by molar-refractivity contribution is -0.384. The number of non-ortho nitro benzene ring substituents is 1. The summed E-state index contributed by atoms with van der Waals surface area (Å²) in [5.74, 6) is 4.17. The van der Waals surface area contributed by atoms with Crippen LogP contribution in [0, 0.1) is 10.1 Å². The van der Waals surface area contributed by atoms with E-state index in [-0.39, 0.29) is 5.69 Å². The highest BCUT2D eigenvalue weighted by atomic mass is 16.7. The number of benzene rings is 2. The van der Waals surface area contributed by atoms with E-state index in [1.54, 1.807) is 18.2 Å². The molecule has 0 saturated heterocycles. The minimum atomic E-state index is -0.615. The molecule has 1 aromatic heterocycles. The first-order valence-corrected chi connectivity index (χ1v) is 7.48. The molecule has 0 radical (unpaired) electrons. The van der Waals surface area contributed by atoms with Crippen LogP contribution in [-0.2, 0) is 16.2 Å². The van der Waals surface area contributed by atoms with Crippen molar-refractivity contribution in [2.24, 2.45) is 5.90 Å². The molecular weight excluding hydrogens is 322 g/mol. The molecule has 0 aliphatic heterocycles. The second-order valence-corrected chi connectivity index (χ2v) is 5.46. The van der Waals surface area contributed by atoms with Gasteiger partial charge in [-0.25, -0.2) is 4.79 Å². The summed E-state index contributed by atoms with van der Waals surface area (Å²) < 4.78 is 2.05. The molecule has 7 nitrogen and oxygen atoms in total. The molecule has 3 rings (SSSR count). The second-order valence-electron chi connectivity index (χ2n) is 5.46. The second kappa shape index (κ2) is 6.98. The first kappa shape index (κ1) is 16.4. The van der Waals surface area contributed by atoms with Crippen molar-refractivity contribution in [2.75, 3.05) is 0 Å². The molecule has 0 aliphatic carbocycles. The van der Waals surface area contributed by atoms with Crippen LogP contribution >= 0.6 is 0 Å². The number of nitrogens with zero attached hydrogens (tertiary/aromatic N) is 2. The zero-order valence-corrected chi connectivity index (χ0v) is 13.2. The SMILES string of the molecule is NOC(=O)/C=C/c1ccc2c(ccn2Cc2ccc([N+](=O)[O-])cc2)c1.